The van der Waals surface area contributed by atoms with Gasteiger partial charge in [-0.3, -0.25) is 0 Å². The Morgan fingerprint density at radius 2 is 2.00 bits per heavy atom. The van der Waals surface area contributed by atoms with Crippen molar-refractivity contribution >= 4 is 19.3 Å². The highest BCUT2D eigenvalue weighted by molar-refractivity contribution is 6.29. The van der Waals surface area contributed by atoms with E-state index in [1.54, 1.807) is 12.3 Å². The summed E-state index contributed by atoms with van der Waals surface area (Å²) in [5.74, 6) is 0. The third-order valence-electron chi connectivity index (χ3n) is 0.629. The van der Waals surface area contributed by atoms with Gasteiger partial charge < -0.3 is 10.0 Å². The smallest absolute Gasteiger partial charge is 0.429 e. The summed E-state index contributed by atoms with van der Waals surface area (Å²) in [6, 6.07) is 5.41. The van der Waals surface area contributed by atoms with Crippen LogP contribution in [0.2, 0.25) is 5.15 Å². The largest absolute Gasteiger partial charge is 0.482 e. The Morgan fingerprint density at radius 3 is 2.20 bits per heavy atom. The third kappa shape index (κ3) is 5.56. The monoisotopic (exact) mass is 158 g/mol. The molecule has 1 aromatic rings. The SMILES string of the molecule is Clc1ccccn1.O[B]O. The molecule has 1 rings (SSSR count). The predicted molar refractivity (Wildman–Crippen MR) is 39.4 cm³/mol. The fourth-order valence-electron chi connectivity index (χ4n) is 0.342. The number of hydrogen-bond acceptors (Lipinski definition) is 3. The van der Waals surface area contributed by atoms with Gasteiger partial charge in [0.2, 0.25) is 0 Å². The van der Waals surface area contributed by atoms with E-state index in [0.29, 0.717) is 5.15 Å². The van der Waals surface area contributed by atoms with Crippen LogP contribution in [-0.2, 0) is 0 Å². The number of halogens is 1. The first-order valence-corrected chi connectivity index (χ1v) is 2.85. The molecule has 10 heavy (non-hydrogen) atoms. The van der Waals surface area contributed by atoms with Gasteiger partial charge >= 0.3 is 7.69 Å². The van der Waals surface area contributed by atoms with Crippen molar-refractivity contribution in [3.63, 3.8) is 0 Å². The Balaban J connectivity index is 0.000000236. The Kier molecular flexibility index (Phi) is 6.17. The van der Waals surface area contributed by atoms with E-state index in [-0.39, 0.29) is 7.69 Å². The standard InChI is InChI=1S/C5H4ClN.BH2O2/c6-5-3-1-2-4-7-5;2-1-3/h1-4H;2-3H. The first-order chi connectivity index (χ1) is 4.81. The summed E-state index contributed by atoms with van der Waals surface area (Å²) in [7, 11) is 0. The van der Waals surface area contributed by atoms with Gasteiger partial charge in [-0.1, -0.05) is 17.7 Å². The van der Waals surface area contributed by atoms with E-state index < -0.39 is 0 Å². The Labute approximate surface area is 64.6 Å². The Hall–Kier alpha value is -0.575. The van der Waals surface area contributed by atoms with Gasteiger partial charge in [0.25, 0.3) is 0 Å². The fraction of sp³-hybridized carbons (Fsp3) is 0. The van der Waals surface area contributed by atoms with Gasteiger partial charge in [-0.15, -0.1) is 0 Å². The quantitative estimate of drug-likeness (QED) is 0.420. The maximum Gasteiger partial charge on any atom is 0.482 e. The molecule has 0 amide bonds. The maximum atomic E-state index is 7.00. The lowest BCUT2D eigenvalue weighted by atomic mass is 10.5. The van der Waals surface area contributed by atoms with E-state index >= 15 is 0 Å². The molecule has 0 bridgehead atoms. The molecule has 0 saturated heterocycles. The molecule has 0 fully saturated rings. The molecule has 0 unspecified atom stereocenters. The first-order valence-electron chi connectivity index (χ1n) is 2.48. The second-order valence-electron chi connectivity index (χ2n) is 1.27. The average Bonchev–Trinajstić information content (AvgIpc) is 1.91. The van der Waals surface area contributed by atoms with Gasteiger partial charge in [-0.25, -0.2) is 4.98 Å². The second-order valence-corrected chi connectivity index (χ2v) is 1.66. The summed E-state index contributed by atoms with van der Waals surface area (Å²) in [4.78, 5) is 3.74. The number of aromatic nitrogens is 1. The van der Waals surface area contributed by atoms with Crippen molar-refractivity contribution in [3.05, 3.63) is 29.5 Å². The molecular formula is C5H6BClNO2. The van der Waals surface area contributed by atoms with E-state index in [9.17, 15) is 0 Å². The van der Waals surface area contributed by atoms with Gasteiger partial charge in [0.05, 0.1) is 0 Å². The molecule has 0 aliphatic carbocycles. The minimum Gasteiger partial charge on any atom is -0.429 e. The van der Waals surface area contributed by atoms with E-state index in [1.165, 1.54) is 0 Å². The number of nitrogens with zero attached hydrogens (tertiary/aromatic N) is 1. The molecule has 0 aliphatic heterocycles. The summed E-state index contributed by atoms with van der Waals surface area (Å²) in [5.41, 5.74) is 0. The third-order valence-corrected chi connectivity index (χ3v) is 0.852. The van der Waals surface area contributed by atoms with Crippen LogP contribution >= 0.6 is 11.6 Å². The zero-order chi connectivity index (χ0) is 7.82. The van der Waals surface area contributed by atoms with Gasteiger partial charge in [0, 0.05) is 6.20 Å². The van der Waals surface area contributed by atoms with Crippen LogP contribution in [0.25, 0.3) is 0 Å². The molecule has 2 N–H and O–H groups in total. The lowest BCUT2D eigenvalue weighted by Gasteiger charge is -1.79. The zero-order valence-corrected chi connectivity index (χ0v) is 5.86. The van der Waals surface area contributed by atoms with E-state index in [0.717, 1.165) is 0 Å². The van der Waals surface area contributed by atoms with Crippen LogP contribution in [0.3, 0.4) is 0 Å². The molecule has 1 aromatic heterocycles. The number of hydrogen-bond donors (Lipinski definition) is 2. The van der Waals surface area contributed by atoms with Gasteiger partial charge in [0.1, 0.15) is 5.15 Å². The van der Waals surface area contributed by atoms with Crippen molar-refractivity contribution in [2.75, 3.05) is 0 Å². The van der Waals surface area contributed by atoms with E-state index in [1.807, 2.05) is 12.1 Å². The predicted octanol–water partition coefficient (Wildman–Crippen LogP) is 0.240. The van der Waals surface area contributed by atoms with E-state index in [2.05, 4.69) is 4.98 Å². The van der Waals surface area contributed by atoms with Gasteiger partial charge in [-0.2, -0.15) is 0 Å². The summed E-state index contributed by atoms with van der Waals surface area (Å²) < 4.78 is 0. The number of rotatable bonds is 0. The molecule has 0 atom stereocenters. The Morgan fingerprint density at radius 1 is 1.40 bits per heavy atom. The molecule has 3 nitrogen and oxygen atoms in total. The normalized spacial score (nSPS) is 7.50. The molecule has 0 aliphatic rings. The van der Waals surface area contributed by atoms with Crippen molar-refractivity contribution < 1.29 is 10.0 Å². The fourth-order valence-corrected chi connectivity index (χ4v) is 0.471. The van der Waals surface area contributed by atoms with Gasteiger partial charge in [-0.05, 0) is 12.1 Å². The molecule has 5 heteroatoms. The zero-order valence-electron chi connectivity index (χ0n) is 5.11. The van der Waals surface area contributed by atoms with Crippen LogP contribution in [0.1, 0.15) is 0 Å². The summed E-state index contributed by atoms with van der Waals surface area (Å²) in [6.45, 7) is 0. The van der Waals surface area contributed by atoms with Crippen LogP contribution in [0, 0.1) is 0 Å². The highest BCUT2D eigenvalue weighted by Gasteiger charge is 1.76. The minimum atomic E-state index is 0. The first kappa shape index (κ1) is 9.42. The minimum absolute atomic E-state index is 0. The number of pyridine rings is 1. The summed E-state index contributed by atoms with van der Waals surface area (Å²) in [5, 5.41) is 14.5. The van der Waals surface area contributed by atoms with Crippen LogP contribution in [0.15, 0.2) is 24.4 Å². The molecule has 1 radical (unpaired) electrons. The molecular weight excluding hydrogens is 152 g/mol. The van der Waals surface area contributed by atoms with E-state index in [4.69, 9.17) is 21.6 Å². The van der Waals surface area contributed by atoms with Crippen LogP contribution in [-0.4, -0.2) is 22.7 Å². The Bertz CT molecular complexity index is 161. The lowest BCUT2D eigenvalue weighted by molar-refractivity contribution is 0.448. The van der Waals surface area contributed by atoms with Crippen molar-refractivity contribution in [1.82, 2.24) is 4.98 Å². The summed E-state index contributed by atoms with van der Waals surface area (Å²) >= 11 is 5.43. The van der Waals surface area contributed by atoms with Crippen molar-refractivity contribution in [3.8, 4) is 0 Å². The van der Waals surface area contributed by atoms with Crippen molar-refractivity contribution in [2.24, 2.45) is 0 Å². The molecule has 1 heterocycles. The second kappa shape index (κ2) is 6.54. The lowest BCUT2D eigenvalue weighted by Crippen LogP contribution is -1.75. The van der Waals surface area contributed by atoms with Crippen molar-refractivity contribution in [2.45, 2.75) is 0 Å². The highest BCUT2D eigenvalue weighted by Crippen LogP contribution is 1.98. The van der Waals surface area contributed by atoms with Crippen LogP contribution in [0.5, 0.6) is 0 Å². The van der Waals surface area contributed by atoms with Crippen LogP contribution < -0.4 is 0 Å². The maximum absolute atomic E-state index is 7.00. The van der Waals surface area contributed by atoms with Crippen LogP contribution in [0.4, 0.5) is 0 Å². The molecule has 0 aromatic carbocycles. The highest BCUT2D eigenvalue weighted by atomic mass is 35.5. The average molecular weight is 158 g/mol. The topological polar surface area (TPSA) is 53.4 Å². The molecule has 53 valence electrons. The molecule has 0 saturated carbocycles. The molecule has 0 spiro atoms. The van der Waals surface area contributed by atoms with Gasteiger partial charge in [0.15, 0.2) is 0 Å². The summed E-state index contributed by atoms with van der Waals surface area (Å²) in [6.07, 6.45) is 1.66. The van der Waals surface area contributed by atoms with Crippen molar-refractivity contribution in [1.29, 1.82) is 0 Å².